The fraction of sp³-hybridized carbons (Fsp3) is 0.273. The van der Waals surface area contributed by atoms with Crippen molar-refractivity contribution < 1.29 is 14.3 Å². The molecule has 1 aliphatic heterocycles. The second-order valence-electron chi connectivity index (χ2n) is 7.23. The number of benzene rings is 2. The third-order valence-corrected chi connectivity index (χ3v) is 6.81. The highest BCUT2D eigenvalue weighted by Gasteiger charge is 2.28. The van der Waals surface area contributed by atoms with Gasteiger partial charge in [0, 0.05) is 24.6 Å². The Balaban J connectivity index is 1.58. The highest BCUT2D eigenvalue weighted by Crippen LogP contribution is 2.39. The maximum Gasteiger partial charge on any atom is 0.260 e. The summed E-state index contributed by atoms with van der Waals surface area (Å²) in [7, 11) is 1.59. The van der Waals surface area contributed by atoms with Crippen LogP contribution in [0.15, 0.2) is 42.7 Å². The second kappa shape index (κ2) is 8.37. The van der Waals surface area contributed by atoms with Gasteiger partial charge in [-0.1, -0.05) is 22.9 Å². The van der Waals surface area contributed by atoms with Crippen LogP contribution in [-0.2, 0) is 4.74 Å². The van der Waals surface area contributed by atoms with Gasteiger partial charge >= 0.3 is 0 Å². The zero-order valence-electron chi connectivity index (χ0n) is 16.7. The van der Waals surface area contributed by atoms with Crippen molar-refractivity contribution in [2.24, 2.45) is 0 Å². The summed E-state index contributed by atoms with van der Waals surface area (Å²) in [6.45, 7) is 1.12. The van der Waals surface area contributed by atoms with E-state index in [1.54, 1.807) is 54.7 Å². The highest BCUT2D eigenvalue weighted by atomic mass is 35.5. The summed E-state index contributed by atoms with van der Waals surface area (Å²) >= 11 is 7.78. The normalized spacial score (nSPS) is 16.1. The monoisotopic (exact) mass is 454 g/mol. The largest absolute Gasteiger partial charge is 0.494 e. The molecule has 1 saturated heterocycles. The minimum Gasteiger partial charge on any atom is -0.494 e. The van der Waals surface area contributed by atoms with Crippen LogP contribution in [0.4, 0.5) is 5.13 Å². The van der Waals surface area contributed by atoms with E-state index in [9.17, 15) is 4.79 Å². The minimum atomic E-state index is -0.169. The van der Waals surface area contributed by atoms with Crippen molar-refractivity contribution in [2.75, 3.05) is 25.2 Å². The Labute approximate surface area is 187 Å². The Morgan fingerprint density at radius 2 is 2.10 bits per heavy atom. The Kier molecular flexibility index (Phi) is 5.43. The van der Waals surface area contributed by atoms with Gasteiger partial charge in [-0.25, -0.2) is 4.98 Å². The minimum absolute atomic E-state index is 0.0337. The Bertz CT molecular complexity index is 1270. The zero-order valence-corrected chi connectivity index (χ0v) is 18.3. The summed E-state index contributed by atoms with van der Waals surface area (Å²) < 4.78 is 12.0. The maximum absolute atomic E-state index is 13.6. The molecule has 3 heterocycles. The van der Waals surface area contributed by atoms with Crippen LogP contribution in [0, 0.1) is 0 Å². The van der Waals surface area contributed by atoms with Crippen LogP contribution < -0.4 is 9.64 Å². The number of methoxy groups -OCH3 is 1. The molecule has 1 fully saturated rings. The number of halogens is 1. The third-order valence-electron chi connectivity index (χ3n) is 5.27. The molecule has 4 aromatic rings. The number of amides is 1. The lowest BCUT2D eigenvalue weighted by molar-refractivity contribution is 0.0917. The fourth-order valence-corrected chi connectivity index (χ4v) is 4.98. The molecule has 31 heavy (non-hydrogen) atoms. The first kappa shape index (κ1) is 20.1. The summed E-state index contributed by atoms with van der Waals surface area (Å²) in [5.41, 5.74) is 2.56. The molecule has 5 rings (SSSR count). The van der Waals surface area contributed by atoms with E-state index in [0.29, 0.717) is 45.7 Å². The summed E-state index contributed by atoms with van der Waals surface area (Å²) in [5, 5.41) is 1.13. The van der Waals surface area contributed by atoms with Crippen LogP contribution in [0.2, 0.25) is 5.02 Å². The van der Waals surface area contributed by atoms with E-state index in [1.165, 1.54) is 11.3 Å². The fourth-order valence-electron chi connectivity index (χ4n) is 3.71. The van der Waals surface area contributed by atoms with Gasteiger partial charge in [0.2, 0.25) is 0 Å². The first-order chi connectivity index (χ1) is 15.1. The molecule has 1 aliphatic rings. The van der Waals surface area contributed by atoms with Crippen molar-refractivity contribution in [3.05, 3.63) is 53.3 Å². The predicted octanol–water partition coefficient (Wildman–Crippen LogP) is 4.73. The molecular weight excluding hydrogens is 436 g/mol. The average molecular weight is 455 g/mol. The average Bonchev–Trinajstić information content (AvgIpc) is 3.47. The van der Waals surface area contributed by atoms with Crippen LogP contribution >= 0.6 is 22.9 Å². The number of carbonyl (C=O) groups is 1. The van der Waals surface area contributed by atoms with E-state index in [1.807, 2.05) is 0 Å². The lowest BCUT2D eigenvalue weighted by Crippen LogP contribution is -2.37. The van der Waals surface area contributed by atoms with E-state index in [4.69, 9.17) is 26.1 Å². The van der Waals surface area contributed by atoms with Gasteiger partial charge in [-0.15, -0.1) is 0 Å². The molecule has 7 nitrogen and oxygen atoms in total. The quantitative estimate of drug-likeness (QED) is 0.434. The number of ether oxygens (including phenoxy) is 2. The van der Waals surface area contributed by atoms with Crippen LogP contribution in [0.3, 0.4) is 0 Å². The number of hydrogen-bond acceptors (Lipinski definition) is 7. The number of hydrogen-bond donors (Lipinski definition) is 0. The molecule has 2 aromatic heterocycles. The van der Waals surface area contributed by atoms with Crippen molar-refractivity contribution in [1.29, 1.82) is 0 Å². The zero-order chi connectivity index (χ0) is 21.4. The Morgan fingerprint density at radius 3 is 2.87 bits per heavy atom. The van der Waals surface area contributed by atoms with Crippen molar-refractivity contribution in [1.82, 2.24) is 15.0 Å². The first-order valence-electron chi connectivity index (χ1n) is 9.91. The number of aromatic nitrogens is 3. The van der Waals surface area contributed by atoms with E-state index >= 15 is 0 Å². The maximum atomic E-state index is 13.6. The SMILES string of the molecule is COc1ccc(Cl)c2sc(N(CC3CCCO3)C(=O)c3ccc4nccnc4c3)nc12. The number of rotatable bonds is 5. The van der Waals surface area contributed by atoms with Gasteiger partial charge in [-0.2, -0.15) is 0 Å². The molecular formula is C22H19ClN4O3S. The van der Waals surface area contributed by atoms with Gasteiger partial charge in [0.15, 0.2) is 5.13 Å². The van der Waals surface area contributed by atoms with Gasteiger partial charge in [0.1, 0.15) is 11.3 Å². The van der Waals surface area contributed by atoms with Gasteiger partial charge in [-0.3, -0.25) is 19.7 Å². The lowest BCUT2D eigenvalue weighted by atomic mass is 10.1. The van der Waals surface area contributed by atoms with Crippen molar-refractivity contribution >= 4 is 55.2 Å². The Morgan fingerprint density at radius 1 is 1.26 bits per heavy atom. The highest BCUT2D eigenvalue weighted by molar-refractivity contribution is 7.23. The Hall–Kier alpha value is -2.81. The van der Waals surface area contributed by atoms with Crippen LogP contribution in [0.25, 0.3) is 21.3 Å². The molecule has 0 N–H and O–H groups in total. The van der Waals surface area contributed by atoms with Gasteiger partial charge in [-0.05, 0) is 43.2 Å². The summed E-state index contributed by atoms with van der Waals surface area (Å²) in [6.07, 6.45) is 5.10. The van der Waals surface area contributed by atoms with Crippen LogP contribution in [0.1, 0.15) is 23.2 Å². The van der Waals surface area contributed by atoms with Crippen LogP contribution in [0.5, 0.6) is 5.75 Å². The van der Waals surface area contributed by atoms with E-state index in [0.717, 1.165) is 23.1 Å². The number of anilines is 1. The van der Waals surface area contributed by atoms with Crippen LogP contribution in [-0.4, -0.2) is 47.2 Å². The number of fused-ring (bicyclic) bond motifs is 2. The molecule has 0 saturated carbocycles. The summed E-state index contributed by atoms with van der Waals surface area (Å²) in [6, 6.07) is 8.89. The predicted molar refractivity (Wildman–Crippen MR) is 121 cm³/mol. The van der Waals surface area contributed by atoms with Crippen molar-refractivity contribution in [3.8, 4) is 5.75 Å². The molecule has 1 amide bonds. The molecule has 1 unspecified atom stereocenters. The van der Waals surface area contributed by atoms with Gasteiger partial charge < -0.3 is 9.47 Å². The smallest absolute Gasteiger partial charge is 0.260 e. The van der Waals surface area contributed by atoms with E-state index in [2.05, 4.69) is 9.97 Å². The number of thiazole rings is 1. The number of carbonyl (C=O) groups excluding carboxylic acids is 1. The topological polar surface area (TPSA) is 77.4 Å². The molecule has 158 valence electrons. The van der Waals surface area contributed by atoms with Gasteiger partial charge in [0.05, 0.1) is 40.5 Å². The standard InChI is InChI=1S/C22H19ClN4O3S/c1-29-18-7-5-15(23)20-19(18)26-22(31-20)27(12-14-3-2-10-30-14)21(28)13-4-6-16-17(11-13)25-9-8-24-16/h4-9,11,14H,2-3,10,12H2,1H3. The molecule has 0 radical (unpaired) electrons. The lowest BCUT2D eigenvalue weighted by Gasteiger charge is -2.23. The van der Waals surface area contributed by atoms with E-state index < -0.39 is 0 Å². The first-order valence-corrected chi connectivity index (χ1v) is 11.1. The van der Waals surface area contributed by atoms with Gasteiger partial charge in [0.25, 0.3) is 5.91 Å². The van der Waals surface area contributed by atoms with E-state index in [-0.39, 0.29) is 12.0 Å². The summed E-state index contributed by atoms with van der Waals surface area (Å²) in [4.78, 5) is 28.6. The van der Waals surface area contributed by atoms with Crippen molar-refractivity contribution in [3.63, 3.8) is 0 Å². The molecule has 0 spiro atoms. The molecule has 9 heteroatoms. The second-order valence-corrected chi connectivity index (χ2v) is 8.62. The molecule has 0 aliphatic carbocycles. The summed E-state index contributed by atoms with van der Waals surface area (Å²) in [5.74, 6) is 0.449. The number of nitrogens with zero attached hydrogens (tertiary/aromatic N) is 4. The molecule has 1 atom stereocenters. The third kappa shape index (κ3) is 3.82. The molecule has 0 bridgehead atoms. The van der Waals surface area contributed by atoms with Crippen molar-refractivity contribution in [2.45, 2.75) is 18.9 Å². The molecule has 2 aromatic carbocycles.